The minimum atomic E-state index is 0.0540. The third-order valence-electron chi connectivity index (χ3n) is 8.07. The van der Waals surface area contributed by atoms with Gasteiger partial charge in [-0.25, -0.2) is 4.98 Å². The molecule has 190 valence electrons. The van der Waals surface area contributed by atoms with Gasteiger partial charge in [-0.05, 0) is 104 Å². The van der Waals surface area contributed by atoms with Crippen LogP contribution in [0.3, 0.4) is 0 Å². The molecule has 0 radical (unpaired) electrons. The van der Waals surface area contributed by atoms with Crippen LogP contribution in [-0.2, 0) is 17.6 Å². The number of thiazole rings is 1. The molecule has 7 heteroatoms. The Hall–Kier alpha value is -1.73. The van der Waals surface area contributed by atoms with Gasteiger partial charge in [0.15, 0.2) is 5.13 Å². The first kappa shape index (κ1) is 24.6. The second kappa shape index (κ2) is 10.6. The first-order chi connectivity index (χ1) is 17.7. The van der Waals surface area contributed by atoms with Crippen LogP contribution in [0, 0.1) is 5.92 Å². The van der Waals surface area contributed by atoms with E-state index in [-0.39, 0.29) is 5.60 Å². The number of ether oxygens (including phenoxy) is 1. The van der Waals surface area contributed by atoms with Gasteiger partial charge in [-0.1, -0.05) is 30.7 Å². The predicted molar refractivity (Wildman–Crippen MR) is 153 cm³/mol. The number of hydrogen-bond acceptors (Lipinski definition) is 6. The molecule has 2 aromatic carbocycles. The van der Waals surface area contributed by atoms with Crippen LogP contribution in [0.1, 0.15) is 50.2 Å². The maximum Gasteiger partial charge on any atom is 0.195 e. The van der Waals surface area contributed by atoms with Crippen LogP contribution in [0.25, 0.3) is 0 Å². The average molecular weight is 540 g/mol. The lowest BCUT2D eigenvalue weighted by Gasteiger charge is -2.39. The second-order valence-electron chi connectivity index (χ2n) is 10.3. The van der Waals surface area contributed by atoms with E-state index in [4.69, 9.17) is 16.3 Å². The van der Waals surface area contributed by atoms with Crippen molar-refractivity contribution in [2.24, 2.45) is 5.92 Å². The molecule has 3 heterocycles. The first-order valence-electron chi connectivity index (χ1n) is 13.3. The highest BCUT2D eigenvalue weighted by Crippen LogP contribution is 2.53. The van der Waals surface area contributed by atoms with Gasteiger partial charge < -0.3 is 9.64 Å². The fourth-order valence-electron chi connectivity index (χ4n) is 6.27. The summed E-state index contributed by atoms with van der Waals surface area (Å²) in [5, 5.41) is 3.98. The van der Waals surface area contributed by atoms with E-state index < -0.39 is 0 Å². The third kappa shape index (κ3) is 4.90. The van der Waals surface area contributed by atoms with Gasteiger partial charge in [0.25, 0.3) is 0 Å². The van der Waals surface area contributed by atoms with Crippen LogP contribution in [0.4, 0.5) is 10.8 Å². The SMILES string of the molecule is CCCN(Sc1ccc(CCC2CC[C@H](N3CCCc4cc(Cl)ccc43)C23CO3)cc1)c1nccs1. The van der Waals surface area contributed by atoms with Crippen molar-refractivity contribution in [3.05, 3.63) is 70.2 Å². The van der Waals surface area contributed by atoms with Gasteiger partial charge in [0, 0.05) is 40.3 Å². The normalized spacial score (nSPS) is 24.8. The van der Waals surface area contributed by atoms with Crippen molar-refractivity contribution >= 4 is 45.7 Å². The maximum atomic E-state index is 6.30. The number of nitrogens with zero attached hydrogens (tertiary/aromatic N) is 3. The lowest BCUT2D eigenvalue weighted by Crippen LogP contribution is -2.47. The summed E-state index contributed by atoms with van der Waals surface area (Å²) in [7, 11) is 0. The molecule has 3 aromatic rings. The molecule has 3 atom stereocenters. The van der Waals surface area contributed by atoms with Gasteiger partial charge >= 0.3 is 0 Å². The molecule has 1 aliphatic carbocycles. The summed E-state index contributed by atoms with van der Waals surface area (Å²) in [6.45, 7) is 5.26. The van der Waals surface area contributed by atoms with Crippen LogP contribution in [0.5, 0.6) is 0 Å². The zero-order valence-corrected chi connectivity index (χ0v) is 23.3. The highest BCUT2D eigenvalue weighted by molar-refractivity contribution is 8.00. The van der Waals surface area contributed by atoms with Gasteiger partial charge in [-0.15, -0.1) is 11.3 Å². The Kier molecular flexibility index (Phi) is 7.22. The Balaban J connectivity index is 1.08. The molecule has 1 saturated carbocycles. The lowest BCUT2D eigenvalue weighted by atomic mass is 9.87. The van der Waals surface area contributed by atoms with Gasteiger partial charge in [-0.3, -0.25) is 4.31 Å². The molecule has 3 aliphatic rings. The Morgan fingerprint density at radius 3 is 2.83 bits per heavy atom. The van der Waals surface area contributed by atoms with E-state index in [9.17, 15) is 0 Å². The van der Waals surface area contributed by atoms with Gasteiger partial charge in [-0.2, -0.15) is 0 Å². The summed E-state index contributed by atoms with van der Waals surface area (Å²) in [5.41, 5.74) is 4.26. The molecule has 6 rings (SSSR count). The van der Waals surface area contributed by atoms with E-state index in [0.717, 1.165) is 49.1 Å². The van der Waals surface area contributed by atoms with Crippen LogP contribution in [0.2, 0.25) is 5.02 Å². The average Bonchev–Trinajstić information content (AvgIpc) is 3.33. The standard InChI is InChI=1S/C29H34ClN3OS2/c1-2-16-33(28-31-15-18-35-28)36-25-11-6-21(7-12-25)5-8-23-9-14-27(29(23)20-34-29)32-17-3-4-22-19-24(30)10-13-26(22)32/h6-7,10-13,15,18-19,23,27H,2-5,8-9,14,16-17,20H2,1H3/t23?,27-,29?/m0/s1. The number of hydrogen-bond donors (Lipinski definition) is 0. The maximum absolute atomic E-state index is 6.30. The molecular formula is C29H34ClN3OS2. The minimum absolute atomic E-state index is 0.0540. The zero-order chi connectivity index (χ0) is 24.5. The van der Waals surface area contributed by atoms with E-state index in [2.05, 4.69) is 57.5 Å². The first-order valence-corrected chi connectivity index (χ1v) is 15.3. The Bertz CT molecular complexity index is 1170. The molecule has 0 N–H and O–H groups in total. The van der Waals surface area contributed by atoms with Crippen LogP contribution in [0.15, 0.2) is 58.9 Å². The van der Waals surface area contributed by atoms with Crippen molar-refractivity contribution < 1.29 is 4.74 Å². The Labute approximate surface area is 228 Å². The summed E-state index contributed by atoms with van der Waals surface area (Å²) in [4.78, 5) is 8.42. The van der Waals surface area contributed by atoms with Crippen molar-refractivity contribution in [2.45, 2.75) is 68.4 Å². The fourth-order valence-corrected chi connectivity index (χ4v) is 8.19. The number of rotatable bonds is 9. The van der Waals surface area contributed by atoms with E-state index in [1.54, 1.807) is 23.3 Å². The molecule has 1 aromatic heterocycles. The molecular weight excluding hydrogens is 506 g/mol. The number of benzene rings is 2. The second-order valence-corrected chi connectivity index (χ2v) is 12.7. The van der Waals surface area contributed by atoms with Crippen LogP contribution >= 0.6 is 34.9 Å². The summed E-state index contributed by atoms with van der Waals surface area (Å²) >= 11 is 9.79. The topological polar surface area (TPSA) is 31.9 Å². The lowest BCUT2D eigenvalue weighted by molar-refractivity contribution is 0.215. The van der Waals surface area contributed by atoms with E-state index in [0.29, 0.717) is 12.0 Å². The van der Waals surface area contributed by atoms with Gasteiger partial charge in [0.05, 0.1) is 12.6 Å². The molecule has 0 amide bonds. The predicted octanol–water partition coefficient (Wildman–Crippen LogP) is 7.65. The number of epoxide rings is 1. The molecule has 1 saturated heterocycles. The summed E-state index contributed by atoms with van der Waals surface area (Å²) in [5.74, 6) is 0.638. The largest absolute Gasteiger partial charge is 0.367 e. The van der Waals surface area contributed by atoms with Crippen molar-refractivity contribution in [3.63, 3.8) is 0 Å². The van der Waals surface area contributed by atoms with Crippen molar-refractivity contribution in [1.82, 2.24) is 4.98 Å². The number of aromatic nitrogens is 1. The summed E-state index contributed by atoms with van der Waals surface area (Å²) < 4.78 is 8.61. The minimum Gasteiger partial charge on any atom is -0.367 e. The zero-order valence-electron chi connectivity index (χ0n) is 20.9. The van der Waals surface area contributed by atoms with Crippen LogP contribution < -0.4 is 9.21 Å². The summed E-state index contributed by atoms with van der Waals surface area (Å²) in [6, 6.07) is 16.1. The molecule has 36 heavy (non-hydrogen) atoms. The van der Waals surface area contributed by atoms with Crippen LogP contribution in [-0.4, -0.2) is 36.3 Å². The molecule has 2 unspecified atom stereocenters. The van der Waals surface area contributed by atoms with Gasteiger partial charge in [0.2, 0.25) is 0 Å². The fraction of sp³-hybridized carbons (Fsp3) is 0.483. The highest BCUT2D eigenvalue weighted by atomic mass is 35.5. The Morgan fingerprint density at radius 1 is 1.22 bits per heavy atom. The quantitative estimate of drug-likeness (QED) is 0.206. The van der Waals surface area contributed by atoms with E-state index in [1.165, 1.54) is 47.4 Å². The molecule has 1 spiro atoms. The molecule has 4 nitrogen and oxygen atoms in total. The van der Waals surface area contributed by atoms with Crippen molar-refractivity contribution in [3.8, 4) is 0 Å². The monoisotopic (exact) mass is 539 g/mol. The van der Waals surface area contributed by atoms with E-state index >= 15 is 0 Å². The summed E-state index contributed by atoms with van der Waals surface area (Å²) in [6.07, 6.45) is 10.1. The van der Waals surface area contributed by atoms with Gasteiger partial charge in [0.1, 0.15) is 5.60 Å². The van der Waals surface area contributed by atoms with E-state index in [1.807, 2.05) is 17.6 Å². The highest BCUT2D eigenvalue weighted by Gasteiger charge is 2.62. The molecule has 2 fully saturated rings. The number of halogens is 1. The Morgan fingerprint density at radius 2 is 2.08 bits per heavy atom. The number of fused-ring (bicyclic) bond motifs is 1. The smallest absolute Gasteiger partial charge is 0.195 e. The van der Waals surface area contributed by atoms with Crippen molar-refractivity contribution in [2.75, 3.05) is 28.9 Å². The number of aryl methyl sites for hydroxylation is 2. The van der Waals surface area contributed by atoms with Crippen molar-refractivity contribution in [1.29, 1.82) is 0 Å². The molecule has 2 aliphatic heterocycles. The number of anilines is 2. The third-order valence-corrected chi connectivity index (χ3v) is 10.3. The molecule has 0 bridgehead atoms.